The third-order valence-electron chi connectivity index (χ3n) is 4.90. The van der Waals surface area contributed by atoms with Gasteiger partial charge < -0.3 is 20.5 Å². The van der Waals surface area contributed by atoms with Gasteiger partial charge in [0.15, 0.2) is 11.5 Å². The van der Waals surface area contributed by atoms with E-state index in [-0.39, 0.29) is 23.7 Å². The number of methoxy groups -OCH3 is 1. The van der Waals surface area contributed by atoms with Crippen LogP contribution in [0.3, 0.4) is 0 Å². The Labute approximate surface area is 157 Å². The molecule has 0 aromatic heterocycles. The van der Waals surface area contributed by atoms with Crippen LogP contribution < -0.4 is 20.5 Å². The molecule has 1 saturated carbocycles. The first-order valence-corrected chi connectivity index (χ1v) is 8.89. The van der Waals surface area contributed by atoms with Crippen LogP contribution in [0.25, 0.3) is 0 Å². The number of carbonyl (C=O) groups excluding carboxylic acids is 1. The van der Waals surface area contributed by atoms with Gasteiger partial charge in [0.25, 0.3) is 0 Å². The smallest absolute Gasteiger partial charge is 0.220 e. The van der Waals surface area contributed by atoms with E-state index in [0.29, 0.717) is 31.9 Å². The predicted molar refractivity (Wildman–Crippen MR) is 102 cm³/mol. The Hall–Kier alpha value is -1.46. The lowest BCUT2D eigenvalue weighted by Gasteiger charge is -2.35. The van der Waals surface area contributed by atoms with Gasteiger partial charge in [-0.15, -0.1) is 12.4 Å². The molecule has 0 bridgehead atoms. The van der Waals surface area contributed by atoms with Gasteiger partial charge in [0.05, 0.1) is 13.7 Å². The average molecular weight is 371 g/mol. The van der Waals surface area contributed by atoms with Gasteiger partial charge in [0.1, 0.15) is 0 Å². The number of benzene rings is 1. The van der Waals surface area contributed by atoms with Crippen molar-refractivity contribution in [2.45, 2.75) is 52.0 Å². The van der Waals surface area contributed by atoms with Crippen molar-refractivity contribution in [2.24, 2.45) is 11.1 Å². The van der Waals surface area contributed by atoms with E-state index in [1.807, 2.05) is 25.1 Å². The summed E-state index contributed by atoms with van der Waals surface area (Å²) in [4.78, 5) is 12.3. The minimum atomic E-state index is -0.00114. The molecule has 25 heavy (non-hydrogen) atoms. The molecule has 1 fully saturated rings. The highest BCUT2D eigenvalue weighted by Gasteiger charge is 2.32. The van der Waals surface area contributed by atoms with E-state index >= 15 is 0 Å². The maximum Gasteiger partial charge on any atom is 0.220 e. The van der Waals surface area contributed by atoms with Crippen LogP contribution in [0.2, 0.25) is 0 Å². The van der Waals surface area contributed by atoms with Crippen LogP contribution in [0.15, 0.2) is 18.2 Å². The summed E-state index contributed by atoms with van der Waals surface area (Å²) in [6, 6.07) is 5.74. The first-order chi connectivity index (χ1) is 11.6. The highest BCUT2D eigenvalue weighted by Crippen LogP contribution is 2.38. The highest BCUT2D eigenvalue weighted by molar-refractivity contribution is 5.85. The maximum absolute atomic E-state index is 12.3. The van der Waals surface area contributed by atoms with Crippen molar-refractivity contribution < 1.29 is 14.3 Å². The molecule has 3 N–H and O–H groups in total. The van der Waals surface area contributed by atoms with Crippen LogP contribution in [0, 0.1) is 5.41 Å². The van der Waals surface area contributed by atoms with Crippen molar-refractivity contribution in [2.75, 3.05) is 20.3 Å². The Kier molecular flexibility index (Phi) is 9.08. The van der Waals surface area contributed by atoms with Crippen LogP contribution in [0.5, 0.6) is 11.5 Å². The minimum Gasteiger partial charge on any atom is -0.493 e. The molecule has 0 saturated heterocycles. The average Bonchev–Trinajstić information content (AvgIpc) is 2.62. The summed E-state index contributed by atoms with van der Waals surface area (Å²) in [7, 11) is 1.62. The molecule has 1 aliphatic rings. The van der Waals surface area contributed by atoms with E-state index in [1.54, 1.807) is 7.11 Å². The van der Waals surface area contributed by atoms with Gasteiger partial charge in [0, 0.05) is 13.0 Å². The van der Waals surface area contributed by atoms with Gasteiger partial charge in [0.2, 0.25) is 5.91 Å². The lowest BCUT2D eigenvalue weighted by atomic mass is 9.71. The Morgan fingerprint density at radius 2 is 1.96 bits per heavy atom. The third kappa shape index (κ3) is 6.08. The Balaban J connectivity index is 0.00000312. The van der Waals surface area contributed by atoms with Crippen molar-refractivity contribution in [3.8, 4) is 11.5 Å². The molecule has 1 amide bonds. The van der Waals surface area contributed by atoms with E-state index in [9.17, 15) is 4.79 Å². The van der Waals surface area contributed by atoms with E-state index < -0.39 is 0 Å². The molecule has 2 rings (SSSR count). The van der Waals surface area contributed by atoms with Gasteiger partial charge in [-0.25, -0.2) is 0 Å². The van der Waals surface area contributed by atoms with Gasteiger partial charge in [-0.1, -0.05) is 25.3 Å². The summed E-state index contributed by atoms with van der Waals surface area (Å²) >= 11 is 0. The summed E-state index contributed by atoms with van der Waals surface area (Å²) < 4.78 is 10.9. The fourth-order valence-electron chi connectivity index (χ4n) is 3.46. The van der Waals surface area contributed by atoms with Crippen molar-refractivity contribution in [3.05, 3.63) is 23.8 Å². The molecular formula is C19H31ClN2O3. The molecule has 0 heterocycles. The fourth-order valence-corrected chi connectivity index (χ4v) is 3.46. The minimum absolute atomic E-state index is 0. The predicted octanol–water partition coefficient (Wildman–Crippen LogP) is 3.43. The second-order valence-electron chi connectivity index (χ2n) is 6.64. The van der Waals surface area contributed by atoms with E-state index in [1.165, 1.54) is 19.3 Å². The molecule has 1 aromatic carbocycles. The quantitative estimate of drug-likeness (QED) is 0.735. The van der Waals surface area contributed by atoms with Gasteiger partial charge in [-0.2, -0.15) is 0 Å². The molecule has 0 unspecified atom stereocenters. The molecule has 0 aliphatic heterocycles. The van der Waals surface area contributed by atoms with E-state index in [2.05, 4.69) is 5.32 Å². The summed E-state index contributed by atoms with van der Waals surface area (Å²) in [5.41, 5.74) is 6.96. The number of nitrogens with two attached hydrogens (primary N) is 1. The molecule has 0 radical (unpaired) electrons. The zero-order valence-electron chi connectivity index (χ0n) is 15.3. The molecular weight excluding hydrogens is 340 g/mol. The monoisotopic (exact) mass is 370 g/mol. The number of nitrogens with one attached hydrogen (secondary N) is 1. The van der Waals surface area contributed by atoms with Crippen LogP contribution >= 0.6 is 12.4 Å². The molecule has 142 valence electrons. The topological polar surface area (TPSA) is 73.6 Å². The van der Waals surface area contributed by atoms with Crippen molar-refractivity contribution in [1.82, 2.24) is 5.32 Å². The third-order valence-corrected chi connectivity index (χ3v) is 4.90. The summed E-state index contributed by atoms with van der Waals surface area (Å²) in [5, 5.41) is 3.02. The second kappa shape index (κ2) is 10.5. The Bertz CT molecular complexity index is 545. The maximum atomic E-state index is 12.3. The van der Waals surface area contributed by atoms with E-state index in [0.717, 1.165) is 24.2 Å². The van der Waals surface area contributed by atoms with Crippen LogP contribution in [-0.4, -0.2) is 26.2 Å². The lowest BCUT2D eigenvalue weighted by molar-refractivity contribution is -0.124. The fraction of sp³-hybridized carbons (Fsp3) is 0.632. The van der Waals surface area contributed by atoms with Crippen molar-refractivity contribution in [1.29, 1.82) is 0 Å². The zero-order chi connectivity index (χ0) is 17.4. The number of hydrogen-bond donors (Lipinski definition) is 2. The Morgan fingerprint density at radius 3 is 2.56 bits per heavy atom. The molecule has 6 heteroatoms. The molecule has 0 atom stereocenters. The largest absolute Gasteiger partial charge is 0.493 e. The van der Waals surface area contributed by atoms with Gasteiger partial charge >= 0.3 is 0 Å². The molecule has 1 aliphatic carbocycles. The van der Waals surface area contributed by atoms with E-state index in [4.69, 9.17) is 15.2 Å². The van der Waals surface area contributed by atoms with Crippen molar-refractivity contribution >= 4 is 18.3 Å². The van der Waals surface area contributed by atoms with Crippen molar-refractivity contribution in [3.63, 3.8) is 0 Å². The number of amides is 1. The number of rotatable bonds is 8. The second-order valence-corrected chi connectivity index (χ2v) is 6.64. The van der Waals surface area contributed by atoms with Gasteiger partial charge in [-0.3, -0.25) is 4.79 Å². The number of hydrogen-bond acceptors (Lipinski definition) is 4. The molecule has 1 aromatic rings. The normalized spacial score (nSPS) is 15.8. The number of halogens is 1. The van der Waals surface area contributed by atoms with Crippen LogP contribution in [-0.2, 0) is 11.3 Å². The summed E-state index contributed by atoms with van der Waals surface area (Å²) in [6.07, 6.45) is 6.27. The Morgan fingerprint density at radius 1 is 1.24 bits per heavy atom. The van der Waals surface area contributed by atoms with Gasteiger partial charge in [-0.05, 0) is 49.4 Å². The SMILES string of the molecule is CCOc1ccc(CNC(=O)CC2(CN)CCCCC2)cc1OC.Cl. The molecule has 0 spiro atoms. The zero-order valence-corrected chi connectivity index (χ0v) is 16.1. The lowest BCUT2D eigenvalue weighted by Crippen LogP contribution is -2.38. The number of ether oxygens (including phenoxy) is 2. The standard InChI is InChI=1S/C19H30N2O3.ClH/c1-3-24-16-8-7-15(11-17(16)23-2)13-21-18(22)12-19(14-20)9-5-4-6-10-19;/h7-8,11H,3-6,9-10,12-14,20H2,1-2H3,(H,21,22);1H. The van der Waals surface area contributed by atoms with Crippen LogP contribution in [0.1, 0.15) is 51.0 Å². The first kappa shape index (κ1) is 21.6. The van der Waals surface area contributed by atoms with Crippen LogP contribution in [0.4, 0.5) is 0 Å². The molecule has 5 nitrogen and oxygen atoms in total. The highest BCUT2D eigenvalue weighted by atomic mass is 35.5. The summed E-state index contributed by atoms with van der Waals surface area (Å²) in [5.74, 6) is 1.49. The first-order valence-electron chi connectivity index (χ1n) is 8.89. The number of carbonyl (C=O) groups is 1. The summed E-state index contributed by atoms with van der Waals surface area (Å²) in [6.45, 7) is 3.61.